The van der Waals surface area contributed by atoms with Crippen LogP contribution in [0.5, 0.6) is 0 Å². The minimum atomic E-state index is -3.61. The summed E-state index contributed by atoms with van der Waals surface area (Å²) in [6.45, 7) is 0. The number of benzene rings is 1. The fraction of sp³-hybridized carbons (Fsp3) is 0.235. The molecule has 0 unspecified atom stereocenters. The van der Waals surface area contributed by atoms with Gasteiger partial charge in [0.15, 0.2) is 21.5 Å². The molecular weight excluding hydrogens is 364 g/mol. The van der Waals surface area contributed by atoms with Crippen LogP contribution in [0.4, 0.5) is 14.5 Å². The lowest BCUT2D eigenvalue weighted by Crippen LogP contribution is -2.24. The van der Waals surface area contributed by atoms with Gasteiger partial charge in [-0.2, -0.15) is 0 Å². The van der Waals surface area contributed by atoms with E-state index in [-0.39, 0.29) is 28.6 Å². The number of fused-ring (bicyclic) bond motifs is 1. The Kier molecular flexibility index (Phi) is 4.57. The van der Waals surface area contributed by atoms with E-state index in [1.807, 2.05) is 0 Å². The molecule has 0 spiro atoms. The van der Waals surface area contributed by atoms with Crippen molar-refractivity contribution in [3.8, 4) is 0 Å². The van der Waals surface area contributed by atoms with Crippen molar-refractivity contribution in [2.75, 3.05) is 18.2 Å². The fourth-order valence-electron chi connectivity index (χ4n) is 2.91. The molecule has 2 heterocycles. The van der Waals surface area contributed by atoms with E-state index in [0.717, 1.165) is 12.1 Å². The second-order valence-electron chi connectivity index (χ2n) is 6.10. The van der Waals surface area contributed by atoms with Gasteiger partial charge in [-0.1, -0.05) is 6.08 Å². The summed E-state index contributed by atoms with van der Waals surface area (Å²) in [5.74, 6) is -2.91. The lowest BCUT2D eigenvalue weighted by atomic mass is 10.1. The highest BCUT2D eigenvalue weighted by Crippen LogP contribution is 2.27. The Hall–Kier alpha value is -2.68. The third-order valence-corrected chi connectivity index (χ3v) is 5.80. The summed E-state index contributed by atoms with van der Waals surface area (Å²) in [5, 5.41) is 2.48. The Morgan fingerprint density at radius 2 is 1.92 bits per heavy atom. The van der Waals surface area contributed by atoms with Gasteiger partial charge in [-0.3, -0.25) is 4.79 Å². The number of hydrogen-bond donors (Lipinski definition) is 1. The predicted molar refractivity (Wildman–Crippen MR) is 92.4 cm³/mol. The third-order valence-electron chi connectivity index (χ3n) is 4.03. The first kappa shape index (κ1) is 18.1. The number of halogens is 2. The Labute approximate surface area is 149 Å². The van der Waals surface area contributed by atoms with Crippen LogP contribution in [0.25, 0.3) is 0 Å². The summed E-state index contributed by atoms with van der Waals surface area (Å²) in [4.78, 5) is 14.3. The number of hydrogen-bond acceptors (Lipinski definition) is 4. The zero-order valence-electron chi connectivity index (χ0n) is 14.2. The molecule has 9 heteroatoms. The molecule has 6 nitrogen and oxygen atoms in total. The first-order valence-corrected chi connectivity index (χ1v) is 9.38. The minimum absolute atomic E-state index is 0.0767. The molecule has 0 bridgehead atoms. The summed E-state index contributed by atoms with van der Waals surface area (Å²) < 4.78 is 52.9. The lowest BCUT2D eigenvalue weighted by Gasteiger charge is -2.17. The number of anilines is 1. The van der Waals surface area contributed by atoms with Gasteiger partial charge in [0, 0.05) is 37.6 Å². The molecule has 26 heavy (non-hydrogen) atoms. The average molecular weight is 381 g/mol. The van der Waals surface area contributed by atoms with Crippen LogP contribution in [0.2, 0.25) is 0 Å². The summed E-state index contributed by atoms with van der Waals surface area (Å²) in [6, 6.07) is 3.00. The summed E-state index contributed by atoms with van der Waals surface area (Å²) in [7, 11) is -0.392. The summed E-state index contributed by atoms with van der Waals surface area (Å²) in [6.07, 6.45) is 5.06. The van der Waals surface area contributed by atoms with Gasteiger partial charge in [0.05, 0.1) is 4.90 Å². The highest BCUT2D eigenvalue weighted by Gasteiger charge is 2.29. The molecule has 1 N–H and O–H groups in total. The fourth-order valence-corrected chi connectivity index (χ4v) is 4.54. The highest BCUT2D eigenvalue weighted by atomic mass is 32.2. The van der Waals surface area contributed by atoms with Crippen LogP contribution in [0.1, 0.15) is 16.1 Å². The van der Waals surface area contributed by atoms with Gasteiger partial charge in [0.2, 0.25) is 0 Å². The first-order chi connectivity index (χ1) is 12.2. The maximum atomic E-state index is 13.3. The number of allylic oxidation sites excluding steroid dienone is 1. The van der Waals surface area contributed by atoms with E-state index in [1.54, 1.807) is 31.3 Å². The van der Waals surface area contributed by atoms with E-state index < -0.39 is 27.4 Å². The molecule has 0 aliphatic carbocycles. The molecule has 0 radical (unpaired) electrons. The van der Waals surface area contributed by atoms with E-state index in [1.165, 1.54) is 16.8 Å². The number of sulfone groups is 1. The summed E-state index contributed by atoms with van der Waals surface area (Å²) >= 11 is 0. The molecule has 3 rings (SSSR count). The van der Waals surface area contributed by atoms with Crippen molar-refractivity contribution in [1.29, 1.82) is 0 Å². The molecule has 138 valence electrons. The minimum Gasteiger partial charge on any atom is -0.367 e. The van der Waals surface area contributed by atoms with E-state index in [4.69, 9.17) is 0 Å². The number of carbonyl (C=O) groups excluding carboxylic acids is 1. The number of nitrogens with one attached hydrogen (secondary N) is 1. The number of rotatable bonds is 2. The van der Waals surface area contributed by atoms with Crippen LogP contribution in [-0.2, 0) is 23.3 Å². The predicted octanol–water partition coefficient (Wildman–Crippen LogP) is 2.29. The van der Waals surface area contributed by atoms with Gasteiger partial charge in [0.1, 0.15) is 11.6 Å². The van der Waals surface area contributed by atoms with Crippen LogP contribution in [0.15, 0.2) is 41.6 Å². The van der Waals surface area contributed by atoms with E-state index >= 15 is 0 Å². The first-order valence-electron chi connectivity index (χ1n) is 7.73. The van der Waals surface area contributed by atoms with Gasteiger partial charge in [-0.15, -0.1) is 0 Å². The Morgan fingerprint density at radius 3 is 2.62 bits per heavy atom. The van der Waals surface area contributed by atoms with Crippen molar-refractivity contribution in [2.24, 2.45) is 7.05 Å². The van der Waals surface area contributed by atoms with Crippen molar-refractivity contribution >= 4 is 21.4 Å². The van der Waals surface area contributed by atoms with Gasteiger partial charge in [0.25, 0.3) is 5.91 Å². The monoisotopic (exact) mass is 381 g/mol. The van der Waals surface area contributed by atoms with Gasteiger partial charge >= 0.3 is 0 Å². The molecule has 1 amide bonds. The quantitative estimate of drug-likeness (QED) is 0.867. The van der Waals surface area contributed by atoms with Gasteiger partial charge in [-0.05, 0) is 24.8 Å². The lowest BCUT2D eigenvalue weighted by molar-refractivity contribution is 0.101. The largest absolute Gasteiger partial charge is 0.367 e. The smallest absolute Gasteiger partial charge is 0.272 e. The molecule has 1 aromatic heterocycles. The van der Waals surface area contributed by atoms with Crippen LogP contribution < -0.4 is 5.32 Å². The van der Waals surface area contributed by atoms with Crippen molar-refractivity contribution in [3.63, 3.8) is 0 Å². The van der Waals surface area contributed by atoms with Crippen LogP contribution in [0, 0.1) is 11.6 Å². The zero-order chi connectivity index (χ0) is 19.1. The van der Waals surface area contributed by atoms with Crippen LogP contribution in [0.3, 0.4) is 0 Å². The number of nitrogens with zero attached hydrogens (tertiary/aromatic N) is 2. The van der Waals surface area contributed by atoms with Crippen molar-refractivity contribution < 1.29 is 22.0 Å². The molecule has 0 saturated heterocycles. The second kappa shape index (κ2) is 6.56. The Bertz CT molecular complexity index is 1010. The number of aryl methyl sites for hydroxylation is 1. The number of aromatic nitrogens is 1. The Morgan fingerprint density at radius 1 is 1.19 bits per heavy atom. The van der Waals surface area contributed by atoms with Crippen molar-refractivity contribution in [1.82, 2.24) is 9.47 Å². The molecular formula is C17H17F2N3O3S. The third kappa shape index (κ3) is 3.34. The SMILES string of the molecule is CN1/C=C\Cc2c(cn(C)c2C(=O)Nc2ccc(F)c(F)c2)S(=O)(=O)C1. The second-order valence-corrected chi connectivity index (χ2v) is 8.03. The van der Waals surface area contributed by atoms with E-state index in [9.17, 15) is 22.0 Å². The molecule has 0 saturated carbocycles. The van der Waals surface area contributed by atoms with Crippen LogP contribution >= 0.6 is 0 Å². The van der Waals surface area contributed by atoms with Gasteiger partial charge < -0.3 is 14.8 Å². The highest BCUT2D eigenvalue weighted by molar-refractivity contribution is 7.91. The van der Waals surface area contributed by atoms with Crippen LogP contribution in [-0.4, -0.2) is 36.7 Å². The van der Waals surface area contributed by atoms with E-state index in [0.29, 0.717) is 5.56 Å². The van der Waals surface area contributed by atoms with Crippen molar-refractivity contribution in [2.45, 2.75) is 11.3 Å². The summed E-state index contributed by atoms with van der Waals surface area (Å²) in [5.41, 5.74) is 0.604. The average Bonchev–Trinajstić information content (AvgIpc) is 2.87. The van der Waals surface area contributed by atoms with Gasteiger partial charge in [-0.25, -0.2) is 17.2 Å². The molecule has 1 aliphatic heterocycles. The zero-order valence-corrected chi connectivity index (χ0v) is 15.0. The number of amides is 1. The molecule has 1 aromatic carbocycles. The Balaban J connectivity index is 2.01. The van der Waals surface area contributed by atoms with E-state index in [2.05, 4.69) is 5.32 Å². The maximum Gasteiger partial charge on any atom is 0.272 e. The molecule has 0 atom stereocenters. The standard InChI is InChI=1S/C17H17F2N3O3S/c1-21-7-3-4-12-15(26(24,25)10-21)9-22(2)16(12)17(23)20-11-5-6-13(18)14(19)8-11/h3,5-9H,4,10H2,1-2H3,(H,20,23)/b7-3-. The van der Waals surface area contributed by atoms with Crippen molar-refractivity contribution in [3.05, 3.63) is 59.6 Å². The normalized spacial score (nSPS) is 17.2. The topological polar surface area (TPSA) is 71.4 Å². The maximum absolute atomic E-state index is 13.3. The molecule has 1 aliphatic rings. The molecule has 0 fully saturated rings. The number of carbonyl (C=O) groups is 1. The molecule has 2 aromatic rings.